The molecule has 0 radical (unpaired) electrons. The molecule has 0 bridgehead atoms. The lowest BCUT2D eigenvalue weighted by Gasteiger charge is -2.15. The average molecular weight is 253 g/mol. The first-order valence-corrected chi connectivity index (χ1v) is 5.39. The van der Waals surface area contributed by atoms with Gasteiger partial charge in [-0.05, 0) is 31.0 Å². The fourth-order valence-corrected chi connectivity index (χ4v) is 1.64. The number of hydrogen-bond donors (Lipinski definition) is 1. The molecule has 0 fully saturated rings. The van der Waals surface area contributed by atoms with E-state index in [1.165, 1.54) is 7.11 Å². The molecular weight excluding hydrogens is 240 g/mol. The molecule has 0 aromatic heterocycles. The van der Waals surface area contributed by atoms with Gasteiger partial charge >= 0.3 is 0 Å². The monoisotopic (exact) mass is 252 g/mol. The van der Waals surface area contributed by atoms with E-state index in [0.29, 0.717) is 16.5 Å². The van der Waals surface area contributed by atoms with Gasteiger partial charge in [-0.15, -0.1) is 0 Å². The van der Waals surface area contributed by atoms with Gasteiger partial charge in [0, 0.05) is 5.02 Å². The Morgan fingerprint density at radius 3 is 2.76 bits per heavy atom. The van der Waals surface area contributed by atoms with Gasteiger partial charge in [0.1, 0.15) is 12.2 Å². The molecule has 0 aliphatic carbocycles. The number of nitriles is 1. The fraction of sp³-hybridized carbons (Fsp3) is 0.333. The molecule has 4 nitrogen and oxygen atoms in total. The van der Waals surface area contributed by atoms with E-state index in [-0.39, 0.29) is 12.3 Å². The van der Waals surface area contributed by atoms with Gasteiger partial charge < -0.3 is 10.1 Å². The third kappa shape index (κ3) is 2.89. The lowest BCUT2D eigenvalue weighted by Crippen LogP contribution is -2.12. The zero-order chi connectivity index (χ0) is 13.0. The number of aryl methyl sites for hydroxylation is 1. The van der Waals surface area contributed by atoms with Crippen LogP contribution >= 0.6 is 11.6 Å². The summed E-state index contributed by atoms with van der Waals surface area (Å²) in [5, 5.41) is 11.7. The first-order chi connectivity index (χ1) is 8.01. The largest absolute Gasteiger partial charge is 0.495 e. The van der Waals surface area contributed by atoms with E-state index in [0.717, 1.165) is 11.1 Å². The van der Waals surface area contributed by atoms with Crippen LogP contribution in [-0.4, -0.2) is 13.0 Å². The molecular formula is C12H13ClN2O2. The molecule has 1 N–H and O–H groups in total. The van der Waals surface area contributed by atoms with Crippen molar-refractivity contribution in [2.24, 2.45) is 0 Å². The van der Waals surface area contributed by atoms with E-state index >= 15 is 0 Å². The summed E-state index contributed by atoms with van der Waals surface area (Å²) in [5.74, 6) is 0.157. The number of benzene rings is 1. The number of rotatable bonds is 3. The van der Waals surface area contributed by atoms with E-state index in [1.807, 2.05) is 6.92 Å². The summed E-state index contributed by atoms with van der Waals surface area (Å²) in [5.41, 5.74) is 2.12. The van der Waals surface area contributed by atoms with Crippen molar-refractivity contribution in [1.29, 1.82) is 5.26 Å². The molecule has 0 atom stereocenters. The van der Waals surface area contributed by atoms with Crippen molar-refractivity contribution in [2.75, 3.05) is 12.4 Å². The van der Waals surface area contributed by atoms with Gasteiger partial charge in [0.2, 0.25) is 5.91 Å². The van der Waals surface area contributed by atoms with Crippen LogP contribution in [0.5, 0.6) is 5.75 Å². The Balaban J connectivity index is 3.18. The highest BCUT2D eigenvalue weighted by molar-refractivity contribution is 6.32. The molecule has 1 amide bonds. The summed E-state index contributed by atoms with van der Waals surface area (Å²) in [6, 6.07) is 3.53. The second-order valence-corrected chi connectivity index (χ2v) is 3.97. The Hall–Kier alpha value is -1.73. The minimum Gasteiger partial charge on any atom is -0.495 e. The number of carbonyl (C=O) groups is 1. The molecule has 1 aromatic rings. The van der Waals surface area contributed by atoms with Crippen LogP contribution < -0.4 is 10.1 Å². The van der Waals surface area contributed by atoms with E-state index in [2.05, 4.69) is 5.32 Å². The lowest BCUT2D eigenvalue weighted by atomic mass is 10.1. The number of anilines is 1. The van der Waals surface area contributed by atoms with Crippen molar-refractivity contribution in [3.8, 4) is 11.8 Å². The van der Waals surface area contributed by atoms with Crippen molar-refractivity contribution in [3.05, 3.63) is 22.2 Å². The Kier molecular flexibility index (Phi) is 4.36. The van der Waals surface area contributed by atoms with Crippen LogP contribution in [0, 0.1) is 25.2 Å². The Bertz CT molecular complexity index is 492. The highest BCUT2D eigenvalue weighted by Crippen LogP contribution is 2.35. The zero-order valence-corrected chi connectivity index (χ0v) is 10.7. The summed E-state index contributed by atoms with van der Waals surface area (Å²) in [7, 11) is 1.52. The number of methoxy groups -OCH3 is 1. The Morgan fingerprint density at radius 2 is 2.24 bits per heavy atom. The smallest absolute Gasteiger partial charge is 0.238 e. The molecule has 1 aromatic carbocycles. The molecule has 0 spiro atoms. The van der Waals surface area contributed by atoms with Gasteiger partial charge in [0.25, 0.3) is 0 Å². The van der Waals surface area contributed by atoms with Crippen molar-refractivity contribution in [2.45, 2.75) is 20.3 Å². The van der Waals surface area contributed by atoms with Gasteiger partial charge in [-0.2, -0.15) is 5.26 Å². The molecule has 0 aliphatic heterocycles. The summed E-state index contributed by atoms with van der Waals surface area (Å²) in [6.07, 6.45) is -0.200. The van der Waals surface area contributed by atoms with Gasteiger partial charge in [-0.25, -0.2) is 0 Å². The van der Waals surface area contributed by atoms with Crippen LogP contribution in [0.3, 0.4) is 0 Å². The number of nitrogens with zero attached hydrogens (tertiary/aromatic N) is 1. The van der Waals surface area contributed by atoms with Crippen molar-refractivity contribution in [3.63, 3.8) is 0 Å². The molecule has 90 valence electrons. The lowest BCUT2D eigenvalue weighted by molar-refractivity contribution is -0.115. The fourth-order valence-electron chi connectivity index (χ4n) is 1.49. The van der Waals surface area contributed by atoms with E-state index in [1.54, 1.807) is 19.1 Å². The molecule has 0 aliphatic rings. The standard InChI is InChI=1S/C12H13ClN2O2/c1-7-6-9(17-3)12(8(2)11(7)13)15-10(16)4-5-14/h6H,4H2,1-3H3,(H,15,16). The van der Waals surface area contributed by atoms with Crippen molar-refractivity contribution < 1.29 is 9.53 Å². The maximum atomic E-state index is 11.4. The highest BCUT2D eigenvalue weighted by Gasteiger charge is 2.14. The van der Waals surface area contributed by atoms with E-state index in [4.69, 9.17) is 21.6 Å². The SMILES string of the molecule is COc1cc(C)c(Cl)c(C)c1NC(=O)CC#N. The van der Waals surface area contributed by atoms with Gasteiger partial charge in [0.15, 0.2) is 0 Å². The minimum atomic E-state index is -0.381. The van der Waals surface area contributed by atoms with E-state index in [9.17, 15) is 4.79 Å². The second-order valence-electron chi connectivity index (χ2n) is 3.59. The van der Waals surface area contributed by atoms with E-state index < -0.39 is 0 Å². The topological polar surface area (TPSA) is 62.1 Å². The van der Waals surface area contributed by atoms with Gasteiger partial charge in [-0.1, -0.05) is 11.6 Å². The molecule has 5 heteroatoms. The highest BCUT2D eigenvalue weighted by atomic mass is 35.5. The van der Waals surface area contributed by atoms with Crippen LogP contribution in [-0.2, 0) is 4.79 Å². The normalized spacial score (nSPS) is 9.59. The van der Waals surface area contributed by atoms with Crippen LogP contribution in [0.1, 0.15) is 17.5 Å². The second kappa shape index (κ2) is 5.55. The predicted octanol–water partition coefficient (Wildman–Crippen LogP) is 2.82. The van der Waals surface area contributed by atoms with Crippen LogP contribution in [0.15, 0.2) is 6.07 Å². The quantitative estimate of drug-likeness (QED) is 0.900. The number of nitrogens with one attached hydrogen (secondary N) is 1. The van der Waals surface area contributed by atoms with Crippen molar-refractivity contribution in [1.82, 2.24) is 0 Å². The molecule has 0 heterocycles. The maximum absolute atomic E-state index is 11.4. The van der Waals surface area contributed by atoms with Gasteiger partial charge in [0.05, 0.1) is 18.9 Å². The molecule has 0 saturated heterocycles. The van der Waals surface area contributed by atoms with Crippen LogP contribution in [0.2, 0.25) is 5.02 Å². The molecule has 0 saturated carbocycles. The molecule has 0 unspecified atom stereocenters. The Labute approximate surface area is 105 Å². The number of carbonyl (C=O) groups excluding carboxylic acids is 1. The third-order valence-electron chi connectivity index (χ3n) is 2.37. The number of ether oxygens (including phenoxy) is 1. The zero-order valence-electron chi connectivity index (χ0n) is 9.93. The Morgan fingerprint density at radius 1 is 1.59 bits per heavy atom. The number of amides is 1. The summed E-state index contributed by atoms with van der Waals surface area (Å²) in [6.45, 7) is 3.65. The first-order valence-electron chi connectivity index (χ1n) is 5.01. The van der Waals surface area contributed by atoms with Crippen LogP contribution in [0.4, 0.5) is 5.69 Å². The predicted molar refractivity (Wildman–Crippen MR) is 66.3 cm³/mol. The first kappa shape index (κ1) is 13.3. The summed E-state index contributed by atoms with van der Waals surface area (Å²) >= 11 is 6.10. The van der Waals surface area contributed by atoms with Crippen LogP contribution in [0.25, 0.3) is 0 Å². The molecule has 17 heavy (non-hydrogen) atoms. The number of halogens is 1. The number of hydrogen-bond acceptors (Lipinski definition) is 3. The maximum Gasteiger partial charge on any atom is 0.238 e. The van der Waals surface area contributed by atoms with Gasteiger partial charge in [-0.3, -0.25) is 4.79 Å². The third-order valence-corrected chi connectivity index (χ3v) is 2.95. The minimum absolute atomic E-state index is 0.200. The summed E-state index contributed by atoms with van der Waals surface area (Å²) < 4.78 is 5.18. The van der Waals surface area contributed by atoms with Crippen molar-refractivity contribution >= 4 is 23.2 Å². The summed E-state index contributed by atoms with van der Waals surface area (Å²) in [4.78, 5) is 11.4. The average Bonchev–Trinajstić information content (AvgIpc) is 2.30. The molecule has 1 rings (SSSR count).